The van der Waals surface area contributed by atoms with E-state index in [4.69, 9.17) is 0 Å². The molecule has 1 aromatic rings. The summed E-state index contributed by atoms with van der Waals surface area (Å²) in [7, 11) is 0. The fourth-order valence-corrected chi connectivity index (χ4v) is 2.48. The molecule has 1 saturated carbocycles. The molecule has 1 atom stereocenters. The van der Waals surface area contributed by atoms with E-state index < -0.39 is 0 Å². The van der Waals surface area contributed by atoms with E-state index in [0.717, 1.165) is 24.8 Å². The van der Waals surface area contributed by atoms with Gasteiger partial charge in [-0.05, 0) is 26.2 Å². The second kappa shape index (κ2) is 3.59. The molecule has 0 aromatic carbocycles. The van der Waals surface area contributed by atoms with Gasteiger partial charge in [-0.2, -0.15) is 5.10 Å². The molecule has 4 nitrogen and oxygen atoms in total. The Balaban J connectivity index is 1.65. The molecule has 0 radical (unpaired) electrons. The summed E-state index contributed by atoms with van der Waals surface area (Å²) in [4.78, 5) is 4.42. The number of aryl methyl sites for hydroxylation is 2. The molecule has 1 unspecified atom stereocenters. The van der Waals surface area contributed by atoms with Crippen LogP contribution in [0.5, 0.6) is 0 Å². The second-order valence-corrected chi connectivity index (χ2v) is 4.79. The molecule has 4 heteroatoms. The zero-order valence-corrected chi connectivity index (χ0v) is 9.24. The molecule has 2 heterocycles. The van der Waals surface area contributed by atoms with Crippen LogP contribution >= 0.6 is 0 Å². The summed E-state index contributed by atoms with van der Waals surface area (Å²) in [5.41, 5.74) is 0. The fraction of sp³-hybridized carbons (Fsp3) is 0.818. The van der Waals surface area contributed by atoms with E-state index in [9.17, 15) is 0 Å². The highest BCUT2D eigenvalue weighted by atomic mass is 15.4. The molecule has 0 bridgehead atoms. The van der Waals surface area contributed by atoms with E-state index in [1.165, 1.54) is 31.5 Å². The fourth-order valence-electron chi connectivity index (χ4n) is 2.48. The van der Waals surface area contributed by atoms with E-state index in [2.05, 4.69) is 20.1 Å². The topological polar surface area (TPSA) is 42.7 Å². The summed E-state index contributed by atoms with van der Waals surface area (Å²) in [5.74, 6) is 2.08. The molecule has 1 aliphatic carbocycles. The maximum atomic E-state index is 4.42. The van der Waals surface area contributed by atoms with Crippen LogP contribution in [-0.2, 0) is 13.0 Å². The molecule has 3 rings (SSSR count). The molecule has 0 amide bonds. The van der Waals surface area contributed by atoms with E-state index in [0.29, 0.717) is 6.04 Å². The lowest BCUT2D eigenvalue weighted by molar-refractivity contribution is 0.261. The smallest absolute Gasteiger partial charge is 0.147 e. The van der Waals surface area contributed by atoms with Gasteiger partial charge in [0.1, 0.15) is 11.6 Å². The monoisotopic (exact) mass is 206 g/mol. The number of nitrogens with zero attached hydrogens (tertiary/aromatic N) is 3. The summed E-state index contributed by atoms with van der Waals surface area (Å²) in [6, 6.07) is 1.39. The molecule has 0 spiro atoms. The SMILES string of the molecule is Cc1nc2n(n1)CC(NC1CCC1)CC2. The van der Waals surface area contributed by atoms with Crippen molar-refractivity contribution in [3.8, 4) is 0 Å². The maximum Gasteiger partial charge on any atom is 0.147 e. The van der Waals surface area contributed by atoms with Crippen molar-refractivity contribution in [3.05, 3.63) is 11.6 Å². The van der Waals surface area contributed by atoms with E-state index >= 15 is 0 Å². The Bertz CT molecular complexity index is 353. The van der Waals surface area contributed by atoms with Crippen molar-refractivity contribution >= 4 is 0 Å². The highest BCUT2D eigenvalue weighted by Crippen LogP contribution is 2.21. The number of hydrogen-bond donors (Lipinski definition) is 1. The van der Waals surface area contributed by atoms with Crippen molar-refractivity contribution in [2.75, 3.05) is 0 Å². The molecular formula is C11H18N4. The summed E-state index contributed by atoms with van der Waals surface area (Å²) >= 11 is 0. The first-order chi connectivity index (χ1) is 7.31. The summed E-state index contributed by atoms with van der Waals surface area (Å²) in [5, 5.41) is 8.13. The Kier molecular flexibility index (Phi) is 2.24. The quantitative estimate of drug-likeness (QED) is 0.786. The molecule has 1 fully saturated rings. The van der Waals surface area contributed by atoms with Crippen LogP contribution in [0, 0.1) is 6.92 Å². The second-order valence-electron chi connectivity index (χ2n) is 4.79. The minimum absolute atomic E-state index is 0.615. The zero-order valence-electron chi connectivity index (χ0n) is 9.24. The van der Waals surface area contributed by atoms with Gasteiger partial charge in [-0.3, -0.25) is 0 Å². The van der Waals surface area contributed by atoms with Gasteiger partial charge in [0.25, 0.3) is 0 Å². The normalized spacial score (nSPS) is 26.1. The van der Waals surface area contributed by atoms with Crippen molar-refractivity contribution in [2.45, 2.75) is 57.7 Å². The van der Waals surface area contributed by atoms with Crippen LogP contribution in [-0.4, -0.2) is 26.8 Å². The van der Waals surface area contributed by atoms with Crippen LogP contribution in [0.3, 0.4) is 0 Å². The van der Waals surface area contributed by atoms with Crippen molar-refractivity contribution in [1.82, 2.24) is 20.1 Å². The van der Waals surface area contributed by atoms with Crippen LogP contribution in [0.1, 0.15) is 37.3 Å². The van der Waals surface area contributed by atoms with E-state index in [-0.39, 0.29) is 0 Å². The van der Waals surface area contributed by atoms with Crippen molar-refractivity contribution in [1.29, 1.82) is 0 Å². The number of rotatable bonds is 2. The Morgan fingerprint density at radius 3 is 2.87 bits per heavy atom. The van der Waals surface area contributed by atoms with Crippen LogP contribution in [0.2, 0.25) is 0 Å². The van der Waals surface area contributed by atoms with Crippen molar-refractivity contribution in [2.24, 2.45) is 0 Å². The molecule has 0 saturated heterocycles. The Morgan fingerprint density at radius 1 is 1.27 bits per heavy atom. The minimum atomic E-state index is 0.615. The Labute approximate surface area is 90.1 Å². The highest BCUT2D eigenvalue weighted by molar-refractivity contribution is 4.97. The summed E-state index contributed by atoms with van der Waals surface area (Å²) in [6.07, 6.45) is 6.41. The maximum absolute atomic E-state index is 4.42. The third-order valence-corrected chi connectivity index (χ3v) is 3.54. The van der Waals surface area contributed by atoms with Gasteiger partial charge in [-0.15, -0.1) is 0 Å². The number of nitrogens with one attached hydrogen (secondary N) is 1. The zero-order chi connectivity index (χ0) is 10.3. The van der Waals surface area contributed by atoms with Gasteiger partial charge in [0.2, 0.25) is 0 Å². The van der Waals surface area contributed by atoms with Crippen molar-refractivity contribution in [3.63, 3.8) is 0 Å². The average molecular weight is 206 g/mol. The molecule has 82 valence electrons. The van der Waals surface area contributed by atoms with Crippen LogP contribution < -0.4 is 5.32 Å². The van der Waals surface area contributed by atoms with Crippen LogP contribution in [0.15, 0.2) is 0 Å². The summed E-state index contributed by atoms with van der Waals surface area (Å²) < 4.78 is 2.08. The van der Waals surface area contributed by atoms with Crippen LogP contribution in [0.4, 0.5) is 0 Å². The minimum Gasteiger partial charge on any atom is -0.309 e. The van der Waals surface area contributed by atoms with E-state index in [1.54, 1.807) is 0 Å². The first kappa shape index (κ1) is 9.33. The first-order valence-corrected chi connectivity index (χ1v) is 5.97. The lowest BCUT2D eigenvalue weighted by Crippen LogP contribution is -2.46. The van der Waals surface area contributed by atoms with Gasteiger partial charge in [-0.1, -0.05) is 6.42 Å². The average Bonchev–Trinajstić information content (AvgIpc) is 2.50. The highest BCUT2D eigenvalue weighted by Gasteiger charge is 2.25. The number of hydrogen-bond acceptors (Lipinski definition) is 3. The van der Waals surface area contributed by atoms with Gasteiger partial charge in [0.15, 0.2) is 0 Å². The molecule has 15 heavy (non-hydrogen) atoms. The van der Waals surface area contributed by atoms with Crippen molar-refractivity contribution < 1.29 is 0 Å². The predicted molar refractivity (Wildman–Crippen MR) is 57.6 cm³/mol. The molecule has 1 N–H and O–H groups in total. The van der Waals surface area contributed by atoms with Gasteiger partial charge in [-0.25, -0.2) is 9.67 Å². The molecule has 1 aromatic heterocycles. The number of fused-ring (bicyclic) bond motifs is 1. The largest absolute Gasteiger partial charge is 0.309 e. The third kappa shape index (κ3) is 1.78. The summed E-state index contributed by atoms with van der Waals surface area (Å²) in [6.45, 7) is 2.98. The Morgan fingerprint density at radius 2 is 2.13 bits per heavy atom. The van der Waals surface area contributed by atoms with Gasteiger partial charge < -0.3 is 5.32 Å². The van der Waals surface area contributed by atoms with Gasteiger partial charge >= 0.3 is 0 Å². The molecule has 2 aliphatic rings. The third-order valence-electron chi connectivity index (χ3n) is 3.54. The predicted octanol–water partition coefficient (Wildman–Crippen LogP) is 1.04. The number of aromatic nitrogens is 3. The standard InChI is InChI=1S/C11H18N4/c1-8-12-11-6-5-10(7-15(11)14-8)13-9-3-2-4-9/h9-10,13H,2-7H2,1H3. The van der Waals surface area contributed by atoms with E-state index in [1.807, 2.05) is 6.92 Å². The van der Waals surface area contributed by atoms with Crippen LogP contribution in [0.25, 0.3) is 0 Å². The first-order valence-electron chi connectivity index (χ1n) is 5.97. The van der Waals surface area contributed by atoms with Gasteiger partial charge in [0.05, 0.1) is 6.54 Å². The molecular weight excluding hydrogens is 188 g/mol. The Hall–Kier alpha value is -0.900. The lowest BCUT2D eigenvalue weighted by Gasteiger charge is -2.33. The molecule has 1 aliphatic heterocycles. The van der Waals surface area contributed by atoms with Gasteiger partial charge in [0, 0.05) is 18.5 Å². The lowest BCUT2D eigenvalue weighted by atomic mass is 9.91.